The molecule has 3 aromatic heterocycles. The molecular weight excluding hydrogens is 540 g/mol. The average molecular weight is 566 g/mol. The van der Waals surface area contributed by atoms with E-state index in [0.717, 1.165) is 25.9 Å². The number of carbonyl (C=O) groups is 2. The van der Waals surface area contributed by atoms with Crippen LogP contribution in [0.15, 0.2) is 52.2 Å². The van der Waals surface area contributed by atoms with Crippen molar-refractivity contribution in [1.82, 2.24) is 9.97 Å². The van der Waals surface area contributed by atoms with E-state index in [1.807, 2.05) is 10.8 Å². The van der Waals surface area contributed by atoms with Crippen molar-refractivity contribution >= 4 is 40.4 Å². The van der Waals surface area contributed by atoms with Crippen LogP contribution < -0.4 is 22.3 Å². The summed E-state index contributed by atoms with van der Waals surface area (Å²) in [6, 6.07) is 3.51. The van der Waals surface area contributed by atoms with Crippen LogP contribution in [0.2, 0.25) is 0 Å². The fourth-order valence-corrected chi connectivity index (χ4v) is 6.39. The Kier molecular flexibility index (Phi) is 7.48. The second-order valence-corrected chi connectivity index (χ2v) is 10.3. The number of esters is 1. The van der Waals surface area contributed by atoms with Crippen LogP contribution in [0.3, 0.4) is 0 Å². The van der Waals surface area contributed by atoms with E-state index >= 15 is 0 Å². The molecular formula is C23H25BrN4O4S2. The van der Waals surface area contributed by atoms with Gasteiger partial charge >= 0.3 is 5.97 Å². The monoisotopic (exact) mass is 564 g/mol. The van der Waals surface area contributed by atoms with E-state index in [0.29, 0.717) is 28.0 Å². The highest BCUT2D eigenvalue weighted by atomic mass is 79.9. The number of hydrogen-bond donors (Lipinski definition) is 2. The number of fused-ring (bicyclic) bond motifs is 3. The van der Waals surface area contributed by atoms with Gasteiger partial charge in [-0.05, 0) is 33.7 Å². The Balaban J connectivity index is 0.00000274. The van der Waals surface area contributed by atoms with Crippen molar-refractivity contribution in [2.75, 3.05) is 31.5 Å². The van der Waals surface area contributed by atoms with Crippen LogP contribution in [0.4, 0.5) is 5.82 Å². The van der Waals surface area contributed by atoms with Gasteiger partial charge < -0.3 is 36.6 Å². The van der Waals surface area contributed by atoms with E-state index in [-0.39, 0.29) is 41.5 Å². The van der Waals surface area contributed by atoms with Gasteiger partial charge in [-0.3, -0.25) is 9.78 Å². The van der Waals surface area contributed by atoms with Gasteiger partial charge in [0.05, 0.1) is 19.3 Å². The van der Waals surface area contributed by atoms with Crippen LogP contribution in [0.1, 0.15) is 24.0 Å². The Morgan fingerprint density at radius 2 is 1.82 bits per heavy atom. The van der Waals surface area contributed by atoms with Gasteiger partial charge in [0.15, 0.2) is 18.5 Å². The average Bonchev–Trinajstić information content (AvgIpc) is 3.54. The van der Waals surface area contributed by atoms with E-state index in [2.05, 4.69) is 15.3 Å². The number of piperidine rings is 3. The lowest BCUT2D eigenvalue weighted by Crippen LogP contribution is -3.00. The van der Waals surface area contributed by atoms with Gasteiger partial charge in [-0.1, -0.05) is 0 Å². The Morgan fingerprint density at radius 1 is 1.15 bits per heavy atom. The maximum Gasteiger partial charge on any atom is 0.348 e. The molecule has 3 fully saturated rings. The lowest BCUT2D eigenvalue weighted by Gasteiger charge is -2.51. The lowest BCUT2D eigenvalue weighted by atomic mass is 9.82. The van der Waals surface area contributed by atoms with E-state index in [4.69, 9.17) is 4.74 Å². The number of rotatable bonds is 7. The van der Waals surface area contributed by atoms with Crippen molar-refractivity contribution < 1.29 is 40.9 Å². The molecule has 6 heterocycles. The van der Waals surface area contributed by atoms with Crippen molar-refractivity contribution in [3.63, 3.8) is 0 Å². The summed E-state index contributed by atoms with van der Waals surface area (Å²) in [5.74, 6) is -0.118. The molecule has 1 amide bonds. The summed E-state index contributed by atoms with van der Waals surface area (Å²) >= 11 is 2.85. The molecule has 3 aromatic rings. The Hall–Kier alpha value is -2.18. The molecule has 0 saturated carbocycles. The van der Waals surface area contributed by atoms with E-state index in [9.17, 15) is 14.7 Å². The highest BCUT2D eigenvalue weighted by molar-refractivity contribution is 7.08. The topological polar surface area (TPSA) is 101 Å². The summed E-state index contributed by atoms with van der Waals surface area (Å²) in [4.78, 5) is 34.2. The van der Waals surface area contributed by atoms with E-state index in [1.165, 1.54) is 35.1 Å². The smallest absolute Gasteiger partial charge is 0.348 e. The Bertz CT molecular complexity index is 1070. The lowest BCUT2D eigenvalue weighted by molar-refractivity contribution is -0.939. The molecule has 0 radical (unpaired) electrons. The largest absolute Gasteiger partial charge is 1.00 e. The molecule has 3 aliphatic heterocycles. The number of halogens is 1. The molecule has 180 valence electrons. The SMILES string of the molecule is O=C(C[N+]12CCC(CC1)[C@@H](OC(=O)C(O)(c1ccsc1)c1ccsc1)C2)Nc1cnccn1.[Br-]. The second kappa shape index (κ2) is 10.2. The molecule has 8 nitrogen and oxygen atoms in total. The van der Waals surface area contributed by atoms with Crippen LogP contribution in [-0.4, -0.2) is 63.7 Å². The van der Waals surface area contributed by atoms with Crippen LogP contribution in [0.25, 0.3) is 0 Å². The molecule has 0 spiro atoms. The highest BCUT2D eigenvalue weighted by Gasteiger charge is 2.51. The van der Waals surface area contributed by atoms with Gasteiger partial charge in [0.25, 0.3) is 5.91 Å². The second-order valence-electron chi connectivity index (χ2n) is 8.78. The first-order valence-corrected chi connectivity index (χ1v) is 12.8. The van der Waals surface area contributed by atoms with Gasteiger partial charge in [-0.25, -0.2) is 9.78 Å². The molecule has 0 aromatic carbocycles. The Morgan fingerprint density at radius 3 is 2.38 bits per heavy atom. The Labute approximate surface area is 216 Å². The number of aliphatic hydroxyl groups is 1. The van der Waals surface area contributed by atoms with Crippen molar-refractivity contribution in [1.29, 1.82) is 0 Å². The number of nitrogens with zero attached hydrogens (tertiary/aromatic N) is 3. The minimum absolute atomic E-state index is 0. The summed E-state index contributed by atoms with van der Waals surface area (Å²) in [5.41, 5.74) is -0.797. The third-order valence-electron chi connectivity index (χ3n) is 6.78. The number of thiophene rings is 2. The fraction of sp³-hybridized carbons (Fsp3) is 0.391. The third kappa shape index (κ3) is 4.80. The standard InChI is InChI=1S/C23H24N4O4S2.BrH/c28-21(26-20-11-24-5-6-25-20)13-27-7-1-16(2-8-27)19(12-27)31-22(29)23(30,17-3-9-32-14-17)18-4-10-33-15-18;/h3-6,9-11,14-16,19,30H,1-2,7-8,12-13H2;1H/t16?,19-,27?;/m0./s1. The first kappa shape index (κ1) is 24.9. The molecule has 34 heavy (non-hydrogen) atoms. The molecule has 6 rings (SSSR count). The normalized spacial score (nSPS) is 23.7. The van der Waals surface area contributed by atoms with E-state index < -0.39 is 11.6 Å². The number of ether oxygens (including phenoxy) is 1. The van der Waals surface area contributed by atoms with Crippen molar-refractivity contribution in [3.05, 3.63) is 63.4 Å². The zero-order valence-corrected chi connectivity index (χ0v) is 21.5. The third-order valence-corrected chi connectivity index (χ3v) is 8.15. The summed E-state index contributed by atoms with van der Waals surface area (Å²) in [6.07, 6.45) is 6.02. The maximum atomic E-state index is 13.4. The predicted octanol–water partition coefficient (Wildman–Crippen LogP) is -0.370. The maximum absolute atomic E-state index is 13.4. The van der Waals surface area contributed by atoms with Crippen molar-refractivity contribution in [2.45, 2.75) is 24.5 Å². The van der Waals surface area contributed by atoms with Crippen LogP contribution >= 0.6 is 22.7 Å². The first-order valence-electron chi connectivity index (χ1n) is 10.9. The number of quaternary nitrogens is 1. The van der Waals surface area contributed by atoms with Crippen LogP contribution in [-0.2, 0) is 19.9 Å². The minimum atomic E-state index is -1.83. The van der Waals surface area contributed by atoms with Crippen LogP contribution in [0, 0.1) is 5.92 Å². The van der Waals surface area contributed by atoms with Gasteiger partial charge in [-0.2, -0.15) is 22.7 Å². The molecule has 0 aliphatic carbocycles. The number of aromatic nitrogens is 2. The fourth-order valence-electron chi connectivity index (χ4n) is 4.99. The van der Waals surface area contributed by atoms with Gasteiger partial charge in [0.2, 0.25) is 5.60 Å². The number of hydrogen-bond acceptors (Lipinski definition) is 8. The summed E-state index contributed by atoms with van der Waals surface area (Å²) in [7, 11) is 0. The number of carbonyl (C=O) groups excluding carboxylic acids is 2. The zero-order chi connectivity index (χ0) is 22.9. The zero-order valence-electron chi connectivity index (χ0n) is 18.3. The van der Waals surface area contributed by atoms with Crippen molar-refractivity contribution in [2.24, 2.45) is 5.92 Å². The number of amides is 1. The summed E-state index contributed by atoms with van der Waals surface area (Å²) in [5, 5.41) is 21.6. The highest BCUT2D eigenvalue weighted by Crippen LogP contribution is 2.39. The first-order chi connectivity index (χ1) is 16.0. The summed E-state index contributed by atoms with van der Waals surface area (Å²) < 4.78 is 6.58. The van der Waals surface area contributed by atoms with Crippen molar-refractivity contribution in [3.8, 4) is 0 Å². The number of nitrogens with one attached hydrogen (secondary N) is 1. The molecule has 11 heteroatoms. The quantitative estimate of drug-likeness (QED) is 0.300. The molecule has 0 unspecified atom stereocenters. The molecule has 3 saturated heterocycles. The number of anilines is 1. The molecule has 1 atom stereocenters. The molecule has 2 bridgehead atoms. The predicted molar refractivity (Wildman–Crippen MR) is 125 cm³/mol. The van der Waals surface area contributed by atoms with Crippen LogP contribution in [0.5, 0.6) is 0 Å². The van der Waals surface area contributed by atoms with E-state index in [1.54, 1.807) is 29.1 Å². The summed E-state index contributed by atoms with van der Waals surface area (Å²) in [6.45, 7) is 2.59. The molecule has 3 aliphatic rings. The molecule has 2 N–H and O–H groups in total. The minimum Gasteiger partial charge on any atom is -1.00 e. The van der Waals surface area contributed by atoms with Gasteiger partial charge in [-0.15, -0.1) is 0 Å². The van der Waals surface area contributed by atoms with Gasteiger partial charge in [0.1, 0.15) is 6.54 Å². The van der Waals surface area contributed by atoms with Gasteiger partial charge in [0, 0.05) is 42.3 Å².